The molecule has 4 rings (SSSR count). The van der Waals surface area contributed by atoms with E-state index >= 15 is 0 Å². The van der Waals surface area contributed by atoms with Crippen molar-refractivity contribution in [3.63, 3.8) is 0 Å². The number of hydrogen-bond acceptors (Lipinski definition) is 6. The zero-order valence-corrected chi connectivity index (χ0v) is 14.2. The second kappa shape index (κ2) is 6.72. The maximum absolute atomic E-state index is 12.8. The number of carbonyl (C=O) groups excluding carboxylic acids is 1. The van der Waals surface area contributed by atoms with Crippen molar-refractivity contribution in [1.29, 1.82) is 0 Å². The summed E-state index contributed by atoms with van der Waals surface area (Å²) in [5.74, 6) is 0.487. The van der Waals surface area contributed by atoms with Crippen LogP contribution in [0.25, 0.3) is 11.0 Å². The van der Waals surface area contributed by atoms with Gasteiger partial charge in [-0.15, -0.1) is 0 Å². The average molecular weight is 353 g/mol. The Morgan fingerprint density at radius 1 is 1.27 bits per heavy atom. The van der Waals surface area contributed by atoms with Crippen molar-refractivity contribution in [3.05, 3.63) is 47.7 Å². The van der Waals surface area contributed by atoms with E-state index in [4.69, 9.17) is 4.74 Å². The second-order valence-electron chi connectivity index (χ2n) is 6.50. The Morgan fingerprint density at radius 2 is 2.08 bits per heavy atom. The first-order valence-corrected chi connectivity index (χ1v) is 8.43. The molecule has 1 saturated carbocycles. The van der Waals surface area contributed by atoms with E-state index in [1.165, 1.54) is 0 Å². The van der Waals surface area contributed by atoms with E-state index in [1.807, 2.05) is 6.07 Å². The Bertz CT molecular complexity index is 918. The Kier molecular flexibility index (Phi) is 4.26. The van der Waals surface area contributed by atoms with Gasteiger partial charge >= 0.3 is 0 Å². The first kappa shape index (κ1) is 16.5. The molecule has 8 heteroatoms. The molecule has 1 fully saturated rings. The number of amides is 1. The standard InChI is InChI=1S/C18H19N5O3/c1-26-16-5-3-11(9-19-16)17(12-6-13(24)7-12)20-18(25)10-2-4-14-15(8-10)22-23-21-14/h2-5,8-9,12-13,17,24H,6-7H2,1H3,(H,20,25)(H,21,22,23)/t12?,13?,17-/m0/s1. The largest absolute Gasteiger partial charge is 0.481 e. The second-order valence-corrected chi connectivity index (χ2v) is 6.50. The number of rotatable bonds is 5. The lowest BCUT2D eigenvalue weighted by Crippen LogP contribution is -2.41. The molecule has 0 saturated heterocycles. The Hall–Kier alpha value is -3.00. The molecule has 0 bridgehead atoms. The van der Waals surface area contributed by atoms with Crippen LogP contribution < -0.4 is 10.1 Å². The summed E-state index contributed by atoms with van der Waals surface area (Å²) < 4.78 is 5.10. The summed E-state index contributed by atoms with van der Waals surface area (Å²) in [6, 6.07) is 8.61. The quantitative estimate of drug-likeness (QED) is 0.642. The average Bonchev–Trinajstić information content (AvgIpc) is 3.11. The highest BCUT2D eigenvalue weighted by molar-refractivity contribution is 5.97. The van der Waals surface area contributed by atoms with Crippen molar-refractivity contribution >= 4 is 16.9 Å². The number of fused-ring (bicyclic) bond motifs is 1. The lowest BCUT2D eigenvalue weighted by molar-refractivity contribution is 0.0234. The number of pyridine rings is 1. The maximum Gasteiger partial charge on any atom is 0.251 e. The van der Waals surface area contributed by atoms with Gasteiger partial charge in [-0.2, -0.15) is 15.4 Å². The molecule has 2 aromatic heterocycles. The summed E-state index contributed by atoms with van der Waals surface area (Å²) in [6.07, 6.45) is 2.70. The number of nitrogens with one attached hydrogen (secondary N) is 2. The zero-order chi connectivity index (χ0) is 18.1. The van der Waals surface area contributed by atoms with Gasteiger partial charge in [0.15, 0.2) is 0 Å². The number of aliphatic hydroxyl groups is 1. The Balaban J connectivity index is 1.57. The fourth-order valence-corrected chi connectivity index (χ4v) is 3.28. The summed E-state index contributed by atoms with van der Waals surface area (Å²) in [5, 5.41) is 23.3. The van der Waals surface area contributed by atoms with Crippen molar-refractivity contribution in [2.75, 3.05) is 7.11 Å². The van der Waals surface area contributed by atoms with Crippen LogP contribution in [0.1, 0.15) is 34.8 Å². The normalized spacial score (nSPS) is 20.4. The number of ether oxygens (including phenoxy) is 1. The fourth-order valence-electron chi connectivity index (χ4n) is 3.28. The molecule has 1 aliphatic rings. The van der Waals surface area contributed by atoms with Gasteiger partial charge in [-0.05, 0) is 42.5 Å². The number of H-pyrrole nitrogens is 1. The van der Waals surface area contributed by atoms with Gasteiger partial charge in [-0.3, -0.25) is 4.79 Å². The van der Waals surface area contributed by atoms with Crippen LogP contribution in [0, 0.1) is 5.92 Å². The van der Waals surface area contributed by atoms with Crippen LogP contribution in [-0.2, 0) is 0 Å². The van der Waals surface area contributed by atoms with Gasteiger partial charge < -0.3 is 15.2 Å². The van der Waals surface area contributed by atoms with Gasteiger partial charge in [0.1, 0.15) is 11.0 Å². The van der Waals surface area contributed by atoms with Crippen LogP contribution >= 0.6 is 0 Å². The number of methoxy groups -OCH3 is 1. The highest BCUT2D eigenvalue weighted by Gasteiger charge is 2.36. The number of hydrogen-bond donors (Lipinski definition) is 3. The van der Waals surface area contributed by atoms with Crippen molar-refractivity contribution in [2.24, 2.45) is 5.92 Å². The molecule has 1 amide bonds. The molecule has 1 aliphatic carbocycles. The first-order valence-electron chi connectivity index (χ1n) is 8.43. The van der Waals surface area contributed by atoms with E-state index in [-0.39, 0.29) is 24.0 Å². The number of carbonyl (C=O) groups is 1. The van der Waals surface area contributed by atoms with E-state index in [0.717, 1.165) is 5.56 Å². The lowest BCUT2D eigenvalue weighted by Gasteiger charge is -2.38. The van der Waals surface area contributed by atoms with Crippen LogP contribution in [0.4, 0.5) is 0 Å². The van der Waals surface area contributed by atoms with Crippen LogP contribution in [-0.4, -0.2) is 44.6 Å². The molecule has 0 aliphatic heterocycles. The number of aromatic nitrogens is 4. The van der Waals surface area contributed by atoms with Crippen LogP contribution in [0.3, 0.4) is 0 Å². The van der Waals surface area contributed by atoms with Crippen LogP contribution in [0.15, 0.2) is 36.5 Å². The van der Waals surface area contributed by atoms with Crippen molar-refractivity contribution in [1.82, 2.24) is 25.7 Å². The maximum atomic E-state index is 12.8. The van der Waals surface area contributed by atoms with E-state index < -0.39 is 0 Å². The Labute approximate surface area is 149 Å². The predicted octanol–water partition coefficient (Wildman–Crippen LogP) is 1.60. The smallest absolute Gasteiger partial charge is 0.251 e. The monoisotopic (exact) mass is 353 g/mol. The molecule has 134 valence electrons. The molecule has 3 aromatic rings. The van der Waals surface area contributed by atoms with Gasteiger partial charge in [0.25, 0.3) is 5.91 Å². The molecule has 26 heavy (non-hydrogen) atoms. The minimum Gasteiger partial charge on any atom is -0.481 e. The Morgan fingerprint density at radius 3 is 2.77 bits per heavy atom. The molecule has 1 aromatic carbocycles. The fraction of sp³-hybridized carbons (Fsp3) is 0.333. The first-order chi connectivity index (χ1) is 12.6. The minimum absolute atomic E-state index is 0.167. The van der Waals surface area contributed by atoms with E-state index in [0.29, 0.717) is 35.3 Å². The topological polar surface area (TPSA) is 113 Å². The van der Waals surface area contributed by atoms with Gasteiger partial charge in [0.2, 0.25) is 5.88 Å². The molecule has 0 radical (unpaired) electrons. The molecule has 8 nitrogen and oxygen atoms in total. The van der Waals surface area contributed by atoms with Crippen LogP contribution in [0.5, 0.6) is 5.88 Å². The number of aliphatic hydroxyl groups excluding tert-OH is 1. The van der Waals surface area contributed by atoms with Gasteiger partial charge in [-0.25, -0.2) is 4.98 Å². The van der Waals surface area contributed by atoms with E-state index in [2.05, 4.69) is 25.7 Å². The highest BCUT2D eigenvalue weighted by atomic mass is 16.5. The highest BCUT2D eigenvalue weighted by Crippen LogP contribution is 2.38. The third-order valence-electron chi connectivity index (χ3n) is 4.81. The molecular formula is C18H19N5O3. The molecule has 1 atom stereocenters. The van der Waals surface area contributed by atoms with Gasteiger partial charge in [0, 0.05) is 17.8 Å². The molecular weight excluding hydrogens is 334 g/mol. The number of benzene rings is 1. The van der Waals surface area contributed by atoms with Crippen molar-refractivity contribution in [2.45, 2.75) is 25.0 Å². The SMILES string of the molecule is COc1ccc([C@H](NC(=O)c2ccc3n[nH]nc3c2)C2CC(O)C2)cn1. The lowest BCUT2D eigenvalue weighted by atomic mass is 9.75. The van der Waals surface area contributed by atoms with E-state index in [9.17, 15) is 9.90 Å². The molecule has 2 heterocycles. The number of nitrogens with zero attached hydrogens (tertiary/aromatic N) is 3. The zero-order valence-electron chi connectivity index (χ0n) is 14.2. The summed E-state index contributed by atoms with van der Waals surface area (Å²) in [6.45, 7) is 0. The van der Waals surface area contributed by atoms with Crippen molar-refractivity contribution in [3.8, 4) is 5.88 Å². The van der Waals surface area contributed by atoms with E-state index in [1.54, 1.807) is 37.6 Å². The third-order valence-corrected chi connectivity index (χ3v) is 4.81. The van der Waals surface area contributed by atoms with Crippen LogP contribution in [0.2, 0.25) is 0 Å². The molecule has 3 N–H and O–H groups in total. The number of aromatic amines is 1. The molecule has 0 unspecified atom stereocenters. The summed E-state index contributed by atoms with van der Waals surface area (Å²) in [4.78, 5) is 17.0. The summed E-state index contributed by atoms with van der Waals surface area (Å²) in [5.41, 5.74) is 2.75. The molecule has 0 spiro atoms. The van der Waals surface area contributed by atoms with Gasteiger partial charge in [0.05, 0.1) is 19.3 Å². The summed E-state index contributed by atoms with van der Waals surface area (Å²) >= 11 is 0. The van der Waals surface area contributed by atoms with Gasteiger partial charge in [-0.1, -0.05) is 6.07 Å². The minimum atomic E-state index is -0.308. The van der Waals surface area contributed by atoms with Crippen molar-refractivity contribution < 1.29 is 14.6 Å². The third kappa shape index (κ3) is 3.11. The predicted molar refractivity (Wildman–Crippen MR) is 93.6 cm³/mol. The summed E-state index contributed by atoms with van der Waals surface area (Å²) in [7, 11) is 1.56.